The number of nitrogens with zero attached hydrogens (tertiary/aromatic N) is 3. The number of thiazole rings is 1. The average molecular weight is 284 g/mol. The van der Waals surface area contributed by atoms with E-state index < -0.39 is 0 Å². The molecule has 0 bridgehead atoms. The van der Waals surface area contributed by atoms with E-state index in [1.54, 1.807) is 11.3 Å². The molecule has 1 aromatic carbocycles. The zero-order valence-electron chi connectivity index (χ0n) is 11.5. The molecule has 0 spiro atoms. The number of rotatable bonds is 4. The maximum atomic E-state index is 4.54. The Labute approximate surface area is 122 Å². The Hall–Kier alpha value is -2.14. The molecule has 5 heteroatoms. The molecule has 0 saturated heterocycles. The van der Waals surface area contributed by atoms with Gasteiger partial charge in [-0.2, -0.15) is 0 Å². The van der Waals surface area contributed by atoms with Crippen molar-refractivity contribution >= 4 is 17.3 Å². The third-order valence-corrected chi connectivity index (χ3v) is 3.86. The van der Waals surface area contributed by atoms with Crippen molar-refractivity contribution in [2.75, 3.05) is 5.32 Å². The summed E-state index contributed by atoms with van der Waals surface area (Å²) in [5.41, 5.74) is 2.10. The fourth-order valence-corrected chi connectivity index (χ4v) is 2.80. The molecule has 4 nitrogen and oxygen atoms in total. The molecule has 0 radical (unpaired) electrons. The summed E-state index contributed by atoms with van der Waals surface area (Å²) in [6, 6.07) is 10.2. The van der Waals surface area contributed by atoms with Gasteiger partial charge in [0.15, 0.2) is 0 Å². The second kappa shape index (κ2) is 5.46. The number of imidazole rings is 1. The molecule has 0 amide bonds. The molecule has 2 aromatic heterocycles. The second-order valence-electron chi connectivity index (χ2n) is 4.61. The van der Waals surface area contributed by atoms with Crippen LogP contribution in [-0.4, -0.2) is 14.5 Å². The quantitative estimate of drug-likeness (QED) is 0.796. The standard InChI is InChI=1S/C15H16N4S/c1-11-10-19(13-6-4-3-5-7-13)15(18-11)17-9-14-8-16-12(2)20-14/h3-8,10H,9H2,1-2H3,(H,17,18). The molecule has 0 aliphatic rings. The summed E-state index contributed by atoms with van der Waals surface area (Å²) in [6.45, 7) is 4.76. The van der Waals surface area contributed by atoms with Gasteiger partial charge in [-0.15, -0.1) is 11.3 Å². The summed E-state index contributed by atoms with van der Waals surface area (Å²) in [6.07, 6.45) is 3.95. The van der Waals surface area contributed by atoms with Gasteiger partial charge in [0, 0.05) is 23.0 Å². The zero-order valence-corrected chi connectivity index (χ0v) is 12.3. The first kappa shape index (κ1) is 12.9. The lowest BCUT2D eigenvalue weighted by Crippen LogP contribution is -2.05. The lowest BCUT2D eigenvalue weighted by Gasteiger charge is -2.08. The Bertz CT molecular complexity index is 700. The van der Waals surface area contributed by atoms with Gasteiger partial charge in [0.05, 0.1) is 17.2 Å². The Morgan fingerprint density at radius 3 is 2.70 bits per heavy atom. The SMILES string of the molecule is Cc1cn(-c2ccccc2)c(NCc2cnc(C)s2)n1. The third-order valence-electron chi connectivity index (χ3n) is 2.95. The first-order valence-electron chi connectivity index (χ1n) is 6.49. The van der Waals surface area contributed by atoms with E-state index in [2.05, 4.69) is 32.0 Å². The van der Waals surface area contributed by atoms with Crippen LogP contribution < -0.4 is 5.32 Å². The minimum atomic E-state index is 0.745. The van der Waals surface area contributed by atoms with Crippen LogP contribution in [0.3, 0.4) is 0 Å². The van der Waals surface area contributed by atoms with Gasteiger partial charge >= 0.3 is 0 Å². The van der Waals surface area contributed by atoms with Crippen LogP contribution >= 0.6 is 11.3 Å². The number of anilines is 1. The molecule has 102 valence electrons. The topological polar surface area (TPSA) is 42.7 Å². The Balaban J connectivity index is 1.83. The van der Waals surface area contributed by atoms with Gasteiger partial charge in [-0.3, -0.25) is 4.57 Å². The number of hydrogen-bond donors (Lipinski definition) is 1. The van der Waals surface area contributed by atoms with E-state index >= 15 is 0 Å². The predicted octanol–water partition coefficient (Wildman–Crippen LogP) is 3.56. The monoisotopic (exact) mass is 284 g/mol. The molecule has 0 aliphatic carbocycles. The van der Waals surface area contributed by atoms with Crippen molar-refractivity contribution in [2.45, 2.75) is 20.4 Å². The lowest BCUT2D eigenvalue weighted by molar-refractivity contribution is 1.01. The van der Waals surface area contributed by atoms with Crippen LogP contribution in [0.2, 0.25) is 0 Å². The summed E-state index contributed by atoms with van der Waals surface area (Å²) in [4.78, 5) is 10.0. The molecule has 2 heterocycles. The van der Waals surface area contributed by atoms with E-state index in [1.807, 2.05) is 44.4 Å². The first-order chi connectivity index (χ1) is 9.72. The Morgan fingerprint density at radius 2 is 2.00 bits per heavy atom. The average Bonchev–Trinajstić information content (AvgIpc) is 3.03. The summed E-state index contributed by atoms with van der Waals surface area (Å²) < 4.78 is 2.07. The molecule has 0 saturated carbocycles. The number of nitrogens with one attached hydrogen (secondary N) is 1. The smallest absolute Gasteiger partial charge is 0.208 e. The molecule has 20 heavy (non-hydrogen) atoms. The van der Waals surface area contributed by atoms with Crippen molar-refractivity contribution in [1.82, 2.24) is 14.5 Å². The maximum absolute atomic E-state index is 4.54. The highest BCUT2D eigenvalue weighted by Gasteiger charge is 2.07. The molecular formula is C15H16N4S. The number of aryl methyl sites for hydroxylation is 2. The van der Waals surface area contributed by atoms with Gasteiger partial charge in [-0.1, -0.05) is 18.2 Å². The van der Waals surface area contributed by atoms with Crippen LogP contribution in [0.1, 0.15) is 15.6 Å². The minimum absolute atomic E-state index is 0.745. The number of hydrogen-bond acceptors (Lipinski definition) is 4. The van der Waals surface area contributed by atoms with Crippen molar-refractivity contribution in [3.05, 3.63) is 58.3 Å². The molecule has 0 atom stereocenters. The van der Waals surface area contributed by atoms with E-state index in [-0.39, 0.29) is 0 Å². The summed E-state index contributed by atoms with van der Waals surface area (Å²) in [7, 11) is 0. The number of benzene rings is 1. The minimum Gasteiger partial charge on any atom is -0.350 e. The van der Waals surface area contributed by atoms with Gasteiger partial charge in [0.25, 0.3) is 0 Å². The van der Waals surface area contributed by atoms with Crippen molar-refractivity contribution in [1.29, 1.82) is 0 Å². The largest absolute Gasteiger partial charge is 0.350 e. The first-order valence-corrected chi connectivity index (χ1v) is 7.30. The normalized spacial score (nSPS) is 10.7. The van der Waals surface area contributed by atoms with Gasteiger partial charge in [-0.25, -0.2) is 9.97 Å². The highest BCUT2D eigenvalue weighted by Crippen LogP contribution is 2.18. The highest BCUT2D eigenvalue weighted by molar-refractivity contribution is 7.11. The Morgan fingerprint density at radius 1 is 1.20 bits per heavy atom. The zero-order chi connectivity index (χ0) is 13.9. The molecule has 1 N–H and O–H groups in total. The van der Waals surface area contributed by atoms with Gasteiger partial charge in [0.1, 0.15) is 0 Å². The Kier molecular flexibility index (Phi) is 3.52. The van der Waals surface area contributed by atoms with Crippen LogP contribution in [0, 0.1) is 13.8 Å². The van der Waals surface area contributed by atoms with Gasteiger partial charge in [0.2, 0.25) is 5.95 Å². The van der Waals surface area contributed by atoms with Crippen molar-refractivity contribution in [2.24, 2.45) is 0 Å². The van der Waals surface area contributed by atoms with Gasteiger partial charge < -0.3 is 5.32 Å². The van der Waals surface area contributed by atoms with E-state index in [0.29, 0.717) is 0 Å². The van der Waals surface area contributed by atoms with Crippen LogP contribution in [0.4, 0.5) is 5.95 Å². The second-order valence-corrected chi connectivity index (χ2v) is 5.93. The fourth-order valence-electron chi connectivity index (χ4n) is 2.06. The molecule has 0 fully saturated rings. The molecule has 3 aromatic rings. The van der Waals surface area contributed by atoms with Crippen LogP contribution in [0.5, 0.6) is 0 Å². The lowest BCUT2D eigenvalue weighted by atomic mass is 10.3. The summed E-state index contributed by atoms with van der Waals surface area (Å²) in [5.74, 6) is 0.861. The van der Waals surface area contributed by atoms with E-state index in [0.717, 1.165) is 28.9 Å². The number of aromatic nitrogens is 3. The fraction of sp³-hybridized carbons (Fsp3) is 0.200. The highest BCUT2D eigenvalue weighted by atomic mass is 32.1. The third kappa shape index (κ3) is 2.72. The van der Waals surface area contributed by atoms with Crippen molar-refractivity contribution < 1.29 is 0 Å². The van der Waals surface area contributed by atoms with E-state index in [9.17, 15) is 0 Å². The molecule has 0 unspecified atom stereocenters. The molecule has 0 aliphatic heterocycles. The van der Waals surface area contributed by atoms with Gasteiger partial charge in [-0.05, 0) is 26.0 Å². The molecule has 3 rings (SSSR count). The summed E-state index contributed by atoms with van der Waals surface area (Å²) in [5, 5.41) is 4.47. The van der Waals surface area contributed by atoms with Crippen molar-refractivity contribution in [3.63, 3.8) is 0 Å². The van der Waals surface area contributed by atoms with Crippen LogP contribution in [-0.2, 0) is 6.54 Å². The summed E-state index contributed by atoms with van der Waals surface area (Å²) >= 11 is 1.70. The molecular weight excluding hydrogens is 268 g/mol. The maximum Gasteiger partial charge on any atom is 0.208 e. The van der Waals surface area contributed by atoms with E-state index in [4.69, 9.17) is 0 Å². The van der Waals surface area contributed by atoms with Crippen LogP contribution in [0.25, 0.3) is 5.69 Å². The predicted molar refractivity (Wildman–Crippen MR) is 82.5 cm³/mol. The number of para-hydroxylation sites is 1. The van der Waals surface area contributed by atoms with Crippen LogP contribution in [0.15, 0.2) is 42.7 Å². The van der Waals surface area contributed by atoms with E-state index in [1.165, 1.54) is 4.88 Å². The van der Waals surface area contributed by atoms with Crippen molar-refractivity contribution in [3.8, 4) is 5.69 Å².